The summed E-state index contributed by atoms with van der Waals surface area (Å²) in [5.74, 6) is -0.217. The number of carbonyl (C=O) groups is 2. The van der Waals surface area contributed by atoms with Gasteiger partial charge < -0.3 is 10.2 Å². The summed E-state index contributed by atoms with van der Waals surface area (Å²) >= 11 is 0. The molecule has 1 aliphatic rings. The number of hydrogen-bond acceptors (Lipinski definition) is 5. The van der Waals surface area contributed by atoms with E-state index in [2.05, 4.69) is 20.4 Å². The molecule has 2 N–H and O–H groups in total. The van der Waals surface area contributed by atoms with Crippen LogP contribution in [-0.4, -0.2) is 38.1 Å². The fourth-order valence-corrected chi connectivity index (χ4v) is 3.98. The van der Waals surface area contributed by atoms with Crippen LogP contribution in [0.5, 0.6) is 0 Å². The molecule has 1 aliphatic heterocycles. The molecule has 4 rings (SSSR count). The van der Waals surface area contributed by atoms with Gasteiger partial charge in [-0.15, -0.1) is 0 Å². The lowest BCUT2D eigenvalue weighted by atomic mass is 10.1. The molecule has 1 atom stereocenters. The number of nitrogens with one attached hydrogen (secondary N) is 2. The normalized spacial score (nSPS) is 15.8. The van der Waals surface area contributed by atoms with Gasteiger partial charge in [0, 0.05) is 36.5 Å². The highest BCUT2D eigenvalue weighted by Crippen LogP contribution is 2.28. The summed E-state index contributed by atoms with van der Waals surface area (Å²) in [4.78, 5) is 46.6. The van der Waals surface area contributed by atoms with Crippen molar-refractivity contribution in [2.45, 2.75) is 47.0 Å². The lowest BCUT2D eigenvalue weighted by molar-refractivity contribution is -0.122. The van der Waals surface area contributed by atoms with Crippen LogP contribution in [-0.2, 0) is 16.0 Å². The highest BCUT2D eigenvalue weighted by molar-refractivity contribution is 6.03. The number of amides is 2. The lowest BCUT2D eigenvalue weighted by Gasteiger charge is -2.18. The van der Waals surface area contributed by atoms with E-state index in [1.165, 1.54) is 10.7 Å². The molecule has 2 aromatic heterocycles. The van der Waals surface area contributed by atoms with E-state index in [1.807, 2.05) is 39.0 Å². The molecule has 9 nitrogen and oxygen atoms in total. The number of carbonyl (C=O) groups excluding carboxylic acids is 2. The van der Waals surface area contributed by atoms with E-state index in [-0.39, 0.29) is 29.7 Å². The zero-order chi connectivity index (χ0) is 23.7. The van der Waals surface area contributed by atoms with Crippen molar-refractivity contribution in [3.63, 3.8) is 0 Å². The van der Waals surface area contributed by atoms with Crippen molar-refractivity contribution in [2.75, 3.05) is 16.8 Å². The molecule has 1 saturated heterocycles. The Morgan fingerprint density at radius 1 is 1.15 bits per heavy atom. The smallest absolute Gasteiger partial charge is 0.252 e. The van der Waals surface area contributed by atoms with E-state index in [9.17, 15) is 14.4 Å². The molecule has 33 heavy (non-hydrogen) atoms. The van der Waals surface area contributed by atoms with Gasteiger partial charge in [0.2, 0.25) is 17.8 Å². The average molecular weight is 449 g/mol. The fraction of sp³-hybridized carbons (Fsp3) is 0.375. The third kappa shape index (κ3) is 4.72. The van der Waals surface area contributed by atoms with Crippen molar-refractivity contribution < 1.29 is 9.59 Å². The Balaban J connectivity index is 1.55. The summed E-state index contributed by atoms with van der Waals surface area (Å²) in [6, 6.07) is 9.03. The topological polar surface area (TPSA) is 113 Å². The summed E-state index contributed by atoms with van der Waals surface area (Å²) in [7, 11) is 0. The highest BCUT2D eigenvalue weighted by Gasteiger charge is 2.35. The number of nitrogens with zero attached hydrogens (tertiary/aromatic N) is 4. The van der Waals surface area contributed by atoms with Crippen molar-refractivity contribution in [2.24, 2.45) is 5.92 Å². The SMILES string of the molecule is CCCc1cc(=O)[nH]c(-n2nc(C)cc2NC(=O)[C@H]2CC(=O)N(c3ccc(C)c(C)c3)C2)n1. The van der Waals surface area contributed by atoms with Crippen LogP contribution in [0, 0.1) is 26.7 Å². The number of H-pyrrole nitrogens is 1. The first-order valence-electron chi connectivity index (χ1n) is 11.1. The predicted octanol–water partition coefficient (Wildman–Crippen LogP) is 2.82. The van der Waals surface area contributed by atoms with Gasteiger partial charge in [-0.2, -0.15) is 9.78 Å². The number of hydrogen-bond donors (Lipinski definition) is 2. The quantitative estimate of drug-likeness (QED) is 0.602. The Bertz CT molecular complexity index is 1280. The third-order valence-electron chi connectivity index (χ3n) is 5.87. The number of rotatable bonds is 6. The molecule has 0 radical (unpaired) electrons. The molecule has 0 unspecified atom stereocenters. The van der Waals surface area contributed by atoms with Crippen molar-refractivity contribution in [1.82, 2.24) is 19.7 Å². The minimum Gasteiger partial charge on any atom is -0.312 e. The largest absolute Gasteiger partial charge is 0.312 e. The number of benzene rings is 1. The summed E-state index contributed by atoms with van der Waals surface area (Å²) in [6.45, 7) is 8.13. The zero-order valence-electron chi connectivity index (χ0n) is 19.3. The number of aromatic nitrogens is 4. The van der Waals surface area contributed by atoms with Crippen LogP contribution in [0.4, 0.5) is 11.5 Å². The van der Waals surface area contributed by atoms with Gasteiger partial charge in [-0.3, -0.25) is 19.4 Å². The molecular formula is C24H28N6O3. The third-order valence-corrected chi connectivity index (χ3v) is 5.87. The highest BCUT2D eigenvalue weighted by atomic mass is 16.2. The van der Waals surface area contributed by atoms with E-state index < -0.39 is 5.92 Å². The standard InChI is InChI=1S/C24H28N6O3/c1-5-6-18-12-21(31)27-24(25-18)30-20(10-16(4)28-30)26-23(33)17-11-22(32)29(13-17)19-8-7-14(2)15(3)9-19/h7-10,12,17H,5-6,11,13H2,1-4H3,(H,26,33)(H,25,27,31)/t17-/m0/s1. The van der Waals surface area contributed by atoms with E-state index in [1.54, 1.807) is 17.9 Å². The van der Waals surface area contributed by atoms with Crippen molar-refractivity contribution in [3.05, 3.63) is 63.2 Å². The van der Waals surface area contributed by atoms with Gasteiger partial charge in [0.15, 0.2) is 0 Å². The summed E-state index contributed by atoms with van der Waals surface area (Å²) in [5.41, 5.74) is 4.09. The minimum atomic E-state index is -0.499. The van der Waals surface area contributed by atoms with E-state index in [4.69, 9.17) is 0 Å². The van der Waals surface area contributed by atoms with Crippen LogP contribution in [0.15, 0.2) is 35.1 Å². The van der Waals surface area contributed by atoms with E-state index in [0.717, 1.165) is 23.2 Å². The second-order valence-corrected chi connectivity index (χ2v) is 8.56. The first kappa shape index (κ1) is 22.4. The van der Waals surface area contributed by atoms with Crippen LogP contribution in [0.25, 0.3) is 5.95 Å². The fourth-order valence-electron chi connectivity index (χ4n) is 3.98. The van der Waals surface area contributed by atoms with E-state index in [0.29, 0.717) is 30.2 Å². The molecule has 0 saturated carbocycles. The van der Waals surface area contributed by atoms with Crippen LogP contribution in [0.2, 0.25) is 0 Å². The van der Waals surface area contributed by atoms with Gasteiger partial charge >= 0.3 is 0 Å². The van der Waals surface area contributed by atoms with Gasteiger partial charge in [-0.1, -0.05) is 19.4 Å². The second kappa shape index (κ2) is 9.01. The summed E-state index contributed by atoms with van der Waals surface area (Å²) in [5, 5.41) is 7.27. The summed E-state index contributed by atoms with van der Waals surface area (Å²) < 4.78 is 1.42. The number of aromatic amines is 1. The molecule has 172 valence electrons. The molecule has 0 bridgehead atoms. The van der Waals surface area contributed by atoms with Crippen LogP contribution < -0.4 is 15.8 Å². The van der Waals surface area contributed by atoms with Gasteiger partial charge in [-0.25, -0.2) is 4.98 Å². The maximum Gasteiger partial charge on any atom is 0.252 e. The maximum absolute atomic E-state index is 13.1. The molecule has 3 heterocycles. The van der Waals surface area contributed by atoms with Crippen molar-refractivity contribution in [3.8, 4) is 5.95 Å². The number of anilines is 2. The first-order chi connectivity index (χ1) is 15.7. The van der Waals surface area contributed by atoms with Gasteiger partial charge in [0.1, 0.15) is 5.82 Å². The molecule has 0 spiro atoms. The van der Waals surface area contributed by atoms with Crippen molar-refractivity contribution >= 4 is 23.3 Å². The summed E-state index contributed by atoms with van der Waals surface area (Å²) in [6.07, 6.45) is 1.65. The molecule has 3 aromatic rings. The Kier molecular flexibility index (Phi) is 6.13. The Hall–Kier alpha value is -3.75. The molecule has 9 heteroatoms. The average Bonchev–Trinajstić information content (AvgIpc) is 3.32. The van der Waals surface area contributed by atoms with E-state index >= 15 is 0 Å². The molecule has 1 fully saturated rings. The monoisotopic (exact) mass is 448 g/mol. The minimum absolute atomic E-state index is 0.0821. The van der Waals surface area contributed by atoms with Crippen LogP contribution in [0.1, 0.15) is 42.3 Å². The Labute approximate surface area is 191 Å². The Morgan fingerprint density at radius 2 is 1.94 bits per heavy atom. The predicted molar refractivity (Wildman–Crippen MR) is 126 cm³/mol. The first-order valence-corrected chi connectivity index (χ1v) is 11.1. The van der Waals surface area contributed by atoms with Crippen LogP contribution >= 0.6 is 0 Å². The maximum atomic E-state index is 13.1. The molecule has 0 aliphatic carbocycles. The lowest BCUT2D eigenvalue weighted by Crippen LogP contribution is -2.29. The second-order valence-electron chi connectivity index (χ2n) is 8.56. The zero-order valence-corrected chi connectivity index (χ0v) is 19.3. The Morgan fingerprint density at radius 3 is 2.67 bits per heavy atom. The molecule has 2 amide bonds. The van der Waals surface area contributed by atoms with Gasteiger partial charge in [0.05, 0.1) is 11.6 Å². The van der Waals surface area contributed by atoms with Gasteiger partial charge in [-0.05, 0) is 50.5 Å². The van der Waals surface area contributed by atoms with Crippen molar-refractivity contribution in [1.29, 1.82) is 0 Å². The van der Waals surface area contributed by atoms with Crippen LogP contribution in [0.3, 0.4) is 0 Å². The molecule has 1 aromatic carbocycles. The molecular weight excluding hydrogens is 420 g/mol. The number of aryl methyl sites for hydroxylation is 4. The van der Waals surface area contributed by atoms with Gasteiger partial charge in [0.25, 0.3) is 5.56 Å².